The summed E-state index contributed by atoms with van der Waals surface area (Å²) in [5.74, 6) is 1.54. The molecule has 0 radical (unpaired) electrons. The summed E-state index contributed by atoms with van der Waals surface area (Å²) < 4.78 is 0. The molecule has 0 bridgehead atoms. The first-order valence-electron chi connectivity index (χ1n) is 6.20. The summed E-state index contributed by atoms with van der Waals surface area (Å²) >= 11 is 0. The molecule has 0 spiro atoms. The van der Waals surface area contributed by atoms with E-state index in [2.05, 4.69) is 11.8 Å². The minimum absolute atomic E-state index is 0.0109. The van der Waals surface area contributed by atoms with E-state index >= 15 is 0 Å². The van der Waals surface area contributed by atoms with E-state index in [4.69, 9.17) is 0 Å². The number of aliphatic hydroxyl groups excluding tert-OH is 1. The third-order valence-corrected chi connectivity index (χ3v) is 3.77. The van der Waals surface area contributed by atoms with Crippen molar-refractivity contribution in [1.82, 2.24) is 4.90 Å². The van der Waals surface area contributed by atoms with Crippen LogP contribution in [-0.2, 0) is 0 Å². The van der Waals surface area contributed by atoms with Crippen LogP contribution in [0.3, 0.4) is 0 Å². The van der Waals surface area contributed by atoms with Crippen LogP contribution < -0.4 is 0 Å². The first-order valence-corrected chi connectivity index (χ1v) is 6.20. The van der Waals surface area contributed by atoms with Crippen molar-refractivity contribution < 1.29 is 5.11 Å². The molecule has 2 nitrogen and oxygen atoms in total. The number of aliphatic hydroxyl groups is 1. The van der Waals surface area contributed by atoms with Crippen molar-refractivity contribution in [2.24, 2.45) is 11.8 Å². The zero-order valence-electron chi connectivity index (χ0n) is 9.28. The Balaban J connectivity index is 1.74. The molecule has 2 fully saturated rings. The second-order valence-corrected chi connectivity index (χ2v) is 5.05. The van der Waals surface area contributed by atoms with E-state index in [1.165, 1.54) is 32.2 Å². The first-order chi connectivity index (χ1) is 6.79. The molecular weight excluding hydrogens is 174 g/mol. The zero-order valence-corrected chi connectivity index (χ0v) is 9.28. The first kappa shape index (κ1) is 10.4. The van der Waals surface area contributed by atoms with Crippen molar-refractivity contribution in [2.75, 3.05) is 19.6 Å². The molecule has 0 aromatic heterocycles. The van der Waals surface area contributed by atoms with Crippen LogP contribution in [0.15, 0.2) is 0 Å². The Morgan fingerprint density at radius 2 is 1.93 bits per heavy atom. The van der Waals surface area contributed by atoms with Crippen LogP contribution in [0.1, 0.15) is 39.0 Å². The van der Waals surface area contributed by atoms with Crippen molar-refractivity contribution >= 4 is 0 Å². The van der Waals surface area contributed by atoms with Crippen molar-refractivity contribution in [3.05, 3.63) is 0 Å². The second-order valence-electron chi connectivity index (χ2n) is 5.05. The van der Waals surface area contributed by atoms with Gasteiger partial charge >= 0.3 is 0 Å². The van der Waals surface area contributed by atoms with Gasteiger partial charge in [0.2, 0.25) is 0 Å². The minimum Gasteiger partial charge on any atom is -0.393 e. The molecule has 0 aromatic carbocycles. The highest BCUT2D eigenvalue weighted by atomic mass is 16.3. The topological polar surface area (TPSA) is 23.5 Å². The molecule has 2 rings (SSSR count). The molecule has 0 amide bonds. The lowest BCUT2D eigenvalue weighted by Gasteiger charge is -2.25. The Hall–Kier alpha value is -0.0800. The van der Waals surface area contributed by atoms with E-state index in [1.54, 1.807) is 0 Å². The highest BCUT2D eigenvalue weighted by Gasteiger charge is 2.29. The van der Waals surface area contributed by atoms with Gasteiger partial charge in [0, 0.05) is 13.1 Å². The molecule has 1 N–H and O–H groups in total. The Morgan fingerprint density at radius 1 is 1.14 bits per heavy atom. The van der Waals surface area contributed by atoms with E-state index in [0.29, 0.717) is 5.92 Å². The van der Waals surface area contributed by atoms with Gasteiger partial charge in [0.1, 0.15) is 0 Å². The lowest BCUT2D eigenvalue weighted by Crippen LogP contribution is -2.34. The number of hydrogen-bond donors (Lipinski definition) is 1. The molecule has 82 valence electrons. The highest BCUT2D eigenvalue weighted by Crippen LogP contribution is 2.31. The van der Waals surface area contributed by atoms with Crippen LogP contribution >= 0.6 is 0 Å². The van der Waals surface area contributed by atoms with E-state index in [9.17, 15) is 5.11 Å². The monoisotopic (exact) mass is 197 g/mol. The fraction of sp³-hybridized carbons (Fsp3) is 1.00. The van der Waals surface area contributed by atoms with Gasteiger partial charge in [-0.1, -0.05) is 13.3 Å². The Labute approximate surface area is 87.3 Å². The summed E-state index contributed by atoms with van der Waals surface area (Å²) in [7, 11) is 0. The molecule has 2 aliphatic carbocycles. The fourth-order valence-corrected chi connectivity index (χ4v) is 2.56. The molecule has 2 aliphatic rings. The molecule has 0 saturated heterocycles. The quantitative estimate of drug-likeness (QED) is 0.727. The summed E-state index contributed by atoms with van der Waals surface area (Å²) in [6.45, 7) is 5.80. The van der Waals surface area contributed by atoms with Gasteiger partial charge in [-0.15, -0.1) is 0 Å². The van der Waals surface area contributed by atoms with Gasteiger partial charge in [-0.2, -0.15) is 0 Å². The smallest absolute Gasteiger partial charge is 0.0580 e. The Kier molecular flexibility index (Phi) is 3.45. The van der Waals surface area contributed by atoms with Crippen molar-refractivity contribution in [1.29, 1.82) is 0 Å². The summed E-state index contributed by atoms with van der Waals surface area (Å²) in [5.41, 5.74) is 0. The Bertz CT molecular complexity index is 179. The van der Waals surface area contributed by atoms with E-state index in [-0.39, 0.29) is 6.10 Å². The van der Waals surface area contributed by atoms with Gasteiger partial charge in [-0.3, -0.25) is 0 Å². The molecule has 14 heavy (non-hydrogen) atoms. The average molecular weight is 197 g/mol. The molecular formula is C12H23NO. The maximum Gasteiger partial charge on any atom is 0.0580 e. The van der Waals surface area contributed by atoms with Crippen molar-refractivity contribution in [3.63, 3.8) is 0 Å². The summed E-state index contributed by atoms with van der Waals surface area (Å²) in [6, 6.07) is 0. The zero-order chi connectivity index (χ0) is 9.97. The SMILES string of the molecule is CCN(CC1CC1)CC1CCCC1O. The van der Waals surface area contributed by atoms with E-state index < -0.39 is 0 Å². The van der Waals surface area contributed by atoms with Gasteiger partial charge in [-0.05, 0) is 44.1 Å². The van der Waals surface area contributed by atoms with Crippen molar-refractivity contribution in [3.8, 4) is 0 Å². The van der Waals surface area contributed by atoms with Crippen LogP contribution in [0.2, 0.25) is 0 Å². The van der Waals surface area contributed by atoms with Gasteiger partial charge in [0.05, 0.1) is 6.10 Å². The number of rotatable bonds is 5. The molecule has 2 heteroatoms. The van der Waals surface area contributed by atoms with Crippen molar-refractivity contribution in [2.45, 2.75) is 45.1 Å². The molecule has 2 unspecified atom stereocenters. The van der Waals surface area contributed by atoms with Crippen LogP contribution in [0.25, 0.3) is 0 Å². The van der Waals surface area contributed by atoms with Gasteiger partial charge < -0.3 is 10.0 Å². The molecule has 0 aliphatic heterocycles. The van der Waals surface area contributed by atoms with Crippen LogP contribution in [0.4, 0.5) is 0 Å². The Morgan fingerprint density at radius 3 is 2.43 bits per heavy atom. The summed E-state index contributed by atoms with van der Waals surface area (Å²) in [5, 5.41) is 9.76. The molecule has 2 saturated carbocycles. The average Bonchev–Trinajstić information content (AvgIpc) is 2.90. The lowest BCUT2D eigenvalue weighted by molar-refractivity contribution is 0.102. The highest BCUT2D eigenvalue weighted by molar-refractivity contribution is 4.82. The maximum absolute atomic E-state index is 9.76. The predicted molar refractivity (Wildman–Crippen MR) is 58.2 cm³/mol. The van der Waals surface area contributed by atoms with E-state index in [1.807, 2.05) is 0 Å². The normalized spacial score (nSPS) is 32.8. The summed E-state index contributed by atoms with van der Waals surface area (Å²) in [6.07, 6.45) is 6.36. The van der Waals surface area contributed by atoms with E-state index in [0.717, 1.165) is 25.4 Å². The van der Waals surface area contributed by atoms with Gasteiger partial charge in [0.25, 0.3) is 0 Å². The maximum atomic E-state index is 9.76. The summed E-state index contributed by atoms with van der Waals surface area (Å²) in [4.78, 5) is 2.54. The van der Waals surface area contributed by atoms with Crippen LogP contribution in [0, 0.1) is 11.8 Å². The number of nitrogens with zero attached hydrogens (tertiary/aromatic N) is 1. The molecule has 2 atom stereocenters. The van der Waals surface area contributed by atoms with Crippen LogP contribution in [0.5, 0.6) is 0 Å². The predicted octanol–water partition coefficient (Wildman–Crippen LogP) is 1.88. The fourth-order valence-electron chi connectivity index (χ4n) is 2.56. The number of hydrogen-bond acceptors (Lipinski definition) is 2. The lowest BCUT2D eigenvalue weighted by atomic mass is 10.1. The third-order valence-electron chi connectivity index (χ3n) is 3.77. The van der Waals surface area contributed by atoms with Gasteiger partial charge in [0.15, 0.2) is 0 Å². The van der Waals surface area contributed by atoms with Gasteiger partial charge in [-0.25, -0.2) is 0 Å². The molecule has 0 heterocycles. The standard InChI is InChI=1S/C12H23NO/c1-2-13(8-10-6-7-10)9-11-4-3-5-12(11)14/h10-12,14H,2-9H2,1H3. The van der Waals surface area contributed by atoms with Crippen LogP contribution in [-0.4, -0.2) is 35.7 Å². The molecule has 0 aromatic rings. The second kappa shape index (κ2) is 4.63. The largest absolute Gasteiger partial charge is 0.393 e. The minimum atomic E-state index is -0.0109. The third kappa shape index (κ3) is 2.71.